The Kier molecular flexibility index (Phi) is 6.94. The first-order valence-electron chi connectivity index (χ1n) is 6.66. The normalized spacial score (nSPS) is 11.9. The van der Waals surface area contributed by atoms with Crippen molar-refractivity contribution in [1.29, 1.82) is 0 Å². The molecule has 0 amide bonds. The van der Waals surface area contributed by atoms with Crippen LogP contribution < -0.4 is 5.32 Å². The number of H-pyrrole nitrogens is 1. The predicted octanol–water partition coefficient (Wildman–Crippen LogP) is 0.683. The van der Waals surface area contributed by atoms with Gasteiger partial charge in [0.15, 0.2) is 0 Å². The van der Waals surface area contributed by atoms with Crippen molar-refractivity contribution in [3.63, 3.8) is 0 Å². The lowest BCUT2D eigenvalue weighted by atomic mass is 10.4. The summed E-state index contributed by atoms with van der Waals surface area (Å²) in [6.45, 7) is 7.11. The third-order valence-electron chi connectivity index (χ3n) is 2.78. The number of aliphatic hydroxyl groups excluding tert-OH is 1. The summed E-state index contributed by atoms with van der Waals surface area (Å²) in [5.41, 5.74) is 0.819. The summed E-state index contributed by atoms with van der Waals surface area (Å²) in [5, 5.41) is 12.2. The molecule has 3 N–H and O–H groups in total. The van der Waals surface area contributed by atoms with E-state index in [0.29, 0.717) is 6.54 Å². The molecule has 0 fully saturated rings. The van der Waals surface area contributed by atoms with Gasteiger partial charge in [-0.1, -0.05) is 13.0 Å². The molecule has 0 aliphatic carbocycles. The first-order valence-corrected chi connectivity index (χ1v) is 8.10. The largest absolute Gasteiger partial charge is 0.395 e. The van der Waals surface area contributed by atoms with Crippen molar-refractivity contribution in [3.8, 4) is 0 Å². The highest BCUT2D eigenvalue weighted by Crippen LogP contribution is 2.16. The number of hydrogen-bond acceptors (Lipinski definition) is 4. The Labute approximate surface area is 120 Å². The molecule has 0 radical (unpaired) electrons. The van der Waals surface area contributed by atoms with Crippen molar-refractivity contribution >= 4 is 10.0 Å². The first-order chi connectivity index (χ1) is 9.56. The van der Waals surface area contributed by atoms with Crippen molar-refractivity contribution in [2.45, 2.75) is 24.8 Å². The predicted molar refractivity (Wildman–Crippen MR) is 78.8 cm³/mol. The molecule has 0 unspecified atom stereocenters. The van der Waals surface area contributed by atoms with Crippen molar-refractivity contribution in [2.75, 3.05) is 26.2 Å². The van der Waals surface area contributed by atoms with Gasteiger partial charge in [0, 0.05) is 31.5 Å². The van der Waals surface area contributed by atoms with Crippen LogP contribution in [-0.4, -0.2) is 49.1 Å². The fraction of sp³-hybridized carbons (Fsp3) is 0.538. The highest BCUT2D eigenvalue weighted by atomic mass is 32.2. The fourth-order valence-electron chi connectivity index (χ4n) is 1.78. The Morgan fingerprint density at radius 2 is 2.30 bits per heavy atom. The zero-order valence-electron chi connectivity index (χ0n) is 11.8. The van der Waals surface area contributed by atoms with E-state index in [4.69, 9.17) is 5.11 Å². The molecule has 0 aliphatic rings. The van der Waals surface area contributed by atoms with Crippen LogP contribution in [0.4, 0.5) is 0 Å². The molecule has 1 heterocycles. The molecule has 0 saturated heterocycles. The molecule has 6 nitrogen and oxygen atoms in total. The van der Waals surface area contributed by atoms with Crippen molar-refractivity contribution in [3.05, 3.63) is 30.6 Å². The molecule has 114 valence electrons. The minimum Gasteiger partial charge on any atom is -0.395 e. The van der Waals surface area contributed by atoms with Crippen LogP contribution in [0, 0.1) is 0 Å². The van der Waals surface area contributed by atoms with Gasteiger partial charge in [0.2, 0.25) is 10.0 Å². The Balaban J connectivity index is 2.83. The second kappa shape index (κ2) is 8.21. The van der Waals surface area contributed by atoms with E-state index < -0.39 is 10.0 Å². The number of rotatable bonds is 10. The van der Waals surface area contributed by atoms with Gasteiger partial charge in [0.25, 0.3) is 0 Å². The summed E-state index contributed by atoms with van der Waals surface area (Å²) >= 11 is 0. The van der Waals surface area contributed by atoms with Gasteiger partial charge in [-0.25, -0.2) is 8.42 Å². The summed E-state index contributed by atoms with van der Waals surface area (Å²) in [5.74, 6) is 0. The summed E-state index contributed by atoms with van der Waals surface area (Å²) in [6.07, 6.45) is 4.00. The maximum atomic E-state index is 12.4. The van der Waals surface area contributed by atoms with Crippen LogP contribution in [-0.2, 0) is 16.6 Å². The second-order valence-corrected chi connectivity index (χ2v) is 6.35. The minimum absolute atomic E-state index is 0.0585. The van der Waals surface area contributed by atoms with Crippen LogP contribution in [0.1, 0.15) is 19.0 Å². The van der Waals surface area contributed by atoms with Crippen LogP contribution in [0.3, 0.4) is 0 Å². The Morgan fingerprint density at radius 1 is 1.55 bits per heavy atom. The third kappa shape index (κ3) is 4.45. The van der Waals surface area contributed by atoms with E-state index >= 15 is 0 Å². The number of aromatic nitrogens is 1. The number of sulfonamides is 1. The topological polar surface area (TPSA) is 85.4 Å². The average Bonchev–Trinajstić information content (AvgIpc) is 2.88. The number of aromatic amines is 1. The van der Waals surface area contributed by atoms with Crippen LogP contribution in [0.2, 0.25) is 0 Å². The second-order valence-electron chi connectivity index (χ2n) is 4.41. The molecule has 0 aliphatic heterocycles. The van der Waals surface area contributed by atoms with E-state index in [0.717, 1.165) is 18.7 Å². The van der Waals surface area contributed by atoms with Gasteiger partial charge < -0.3 is 15.4 Å². The standard InChI is InChI=1S/C13H23N3O3S/c1-3-5-14-10-12-9-13(11-15-12)20(18,19)16(6-4-2)7-8-17/h4,9,11,14-15,17H,2-3,5-8,10H2,1H3. The molecule has 1 aromatic heterocycles. The van der Waals surface area contributed by atoms with Gasteiger partial charge in [-0.2, -0.15) is 4.31 Å². The monoisotopic (exact) mass is 301 g/mol. The van der Waals surface area contributed by atoms with Gasteiger partial charge >= 0.3 is 0 Å². The smallest absolute Gasteiger partial charge is 0.244 e. The van der Waals surface area contributed by atoms with Crippen molar-refractivity contribution in [1.82, 2.24) is 14.6 Å². The fourth-order valence-corrected chi connectivity index (χ4v) is 3.20. The summed E-state index contributed by atoms with van der Waals surface area (Å²) in [6, 6.07) is 1.62. The maximum Gasteiger partial charge on any atom is 0.244 e. The molecule has 0 saturated carbocycles. The average molecular weight is 301 g/mol. The van der Waals surface area contributed by atoms with Gasteiger partial charge in [0.05, 0.1) is 11.5 Å². The van der Waals surface area contributed by atoms with E-state index in [1.807, 2.05) is 0 Å². The first kappa shape index (κ1) is 16.9. The Hall–Kier alpha value is -1.15. The summed E-state index contributed by atoms with van der Waals surface area (Å²) in [4.78, 5) is 3.16. The molecule has 0 bridgehead atoms. The van der Waals surface area contributed by atoms with Crippen LogP contribution >= 0.6 is 0 Å². The summed E-state index contributed by atoms with van der Waals surface area (Å²) < 4.78 is 26.0. The zero-order valence-corrected chi connectivity index (χ0v) is 12.6. The van der Waals surface area contributed by atoms with Crippen molar-refractivity contribution < 1.29 is 13.5 Å². The molecule has 20 heavy (non-hydrogen) atoms. The minimum atomic E-state index is -3.59. The molecule has 0 atom stereocenters. The van der Waals surface area contributed by atoms with Gasteiger partial charge in [-0.15, -0.1) is 6.58 Å². The Morgan fingerprint density at radius 3 is 2.90 bits per heavy atom. The maximum absolute atomic E-state index is 12.4. The quantitative estimate of drug-likeness (QED) is 0.438. The van der Waals surface area contributed by atoms with E-state index in [9.17, 15) is 8.42 Å². The van der Waals surface area contributed by atoms with Crippen LogP contribution in [0.5, 0.6) is 0 Å². The van der Waals surface area contributed by atoms with E-state index in [2.05, 4.69) is 23.8 Å². The van der Waals surface area contributed by atoms with Crippen molar-refractivity contribution in [2.24, 2.45) is 0 Å². The molecular formula is C13H23N3O3S. The van der Waals surface area contributed by atoms with Crippen LogP contribution in [0.25, 0.3) is 0 Å². The van der Waals surface area contributed by atoms with E-state index in [-0.39, 0.29) is 24.6 Å². The Bertz CT molecular complexity index is 511. The van der Waals surface area contributed by atoms with E-state index in [1.165, 1.54) is 16.6 Å². The third-order valence-corrected chi connectivity index (χ3v) is 4.62. The molecule has 0 aromatic carbocycles. The molecular weight excluding hydrogens is 278 g/mol. The molecule has 7 heteroatoms. The number of hydrogen-bond donors (Lipinski definition) is 3. The SMILES string of the molecule is C=CCN(CCO)S(=O)(=O)c1c[nH]c(CNCCC)c1. The lowest BCUT2D eigenvalue weighted by molar-refractivity contribution is 0.260. The summed E-state index contributed by atoms with van der Waals surface area (Å²) in [7, 11) is -3.59. The number of nitrogens with one attached hydrogen (secondary N) is 2. The van der Waals surface area contributed by atoms with Crippen LogP contribution in [0.15, 0.2) is 29.8 Å². The zero-order chi connectivity index (χ0) is 15.0. The van der Waals surface area contributed by atoms with Gasteiger partial charge in [0.1, 0.15) is 0 Å². The van der Waals surface area contributed by atoms with Gasteiger partial charge in [-0.05, 0) is 19.0 Å². The van der Waals surface area contributed by atoms with E-state index in [1.54, 1.807) is 6.07 Å². The number of aliphatic hydroxyl groups is 1. The molecule has 1 aromatic rings. The lowest BCUT2D eigenvalue weighted by Crippen LogP contribution is -2.33. The highest BCUT2D eigenvalue weighted by Gasteiger charge is 2.24. The number of nitrogens with zero attached hydrogens (tertiary/aromatic N) is 1. The molecule has 1 rings (SSSR count). The molecule has 0 spiro atoms. The highest BCUT2D eigenvalue weighted by molar-refractivity contribution is 7.89. The van der Waals surface area contributed by atoms with Gasteiger partial charge in [-0.3, -0.25) is 0 Å². The lowest BCUT2D eigenvalue weighted by Gasteiger charge is -2.18.